The largest absolute Gasteiger partial charge is 0.309 e. The van der Waals surface area contributed by atoms with Crippen LogP contribution in [-0.2, 0) is 0 Å². The lowest BCUT2D eigenvalue weighted by molar-refractivity contribution is 1.18. The highest BCUT2D eigenvalue weighted by atomic mass is 15.0. The maximum absolute atomic E-state index is 10.5. The summed E-state index contributed by atoms with van der Waals surface area (Å²) in [5.41, 5.74) is 11.6. The van der Waals surface area contributed by atoms with Gasteiger partial charge in [0.1, 0.15) is 0 Å². The van der Waals surface area contributed by atoms with Gasteiger partial charge in [0, 0.05) is 32.8 Å². The normalized spacial score (nSPS) is 11.3. The van der Waals surface area contributed by atoms with E-state index in [1.165, 1.54) is 10.8 Å². The quantitative estimate of drug-likeness (QED) is 0.199. The van der Waals surface area contributed by atoms with Crippen LogP contribution in [0.1, 0.15) is 11.1 Å². The molecule has 0 radical (unpaired) electrons. The molecule has 0 atom stereocenters. The first-order valence-corrected chi connectivity index (χ1v) is 15.9. The molecule has 48 heavy (non-hydrogen) atoms. The second kappa shape index (κ2) is 10.9. The van der Waals surface area contributed by atoms with Crippen molar-refractivity contribution >= 4 is 43.6 Å². The molecule has 4 heteroatoms. The van der Waals surface area contributed by atoms with Crippen LogP contribution < -0.4 is 0 Å². The number of nitriles is 2. The Morgan fingerprint density at radius 1 is 0.396 bits per heavy atom. The molecule has 2 aromatic heterocycles. The fourth-order valence-corrected chi connectivity index (χ4v) is 7.28. The second-order valence-electron chi connectivity index (χ2n) is 12.0. The lowest BCUT2D eigenvalue weighted by Gasteiger charge is -2.15. The van der Waals surface area contributed by atoms with Crippen LogP contribution in [0.4, 0.5) is 0 Å². The summed E-state index contributed by atoms with van der Waals surface area (Å²) in [6.45, 7) is 0. The number of fused-ring (bicyclic) bond motifs is 6. The van der Waals surface area contributed by atoms with E-state index in [0.29, 0.717) is 11.1 Å². The lowest BCUT2D eigenvalue weighted by Crippen LogP contribution is -1.98. The molecule has 0 saturated heterocycles. The molecule has 2 heterocycles. The van der Waals surface area contributed by atoms with Crippen molar-refractivity contribution in [2.45, 2.75) is 0 Å². The molecule has 7 aromatic carbocycles. The first kappa shape index (κ1) is 27.4. The number of hydrogen-bond acceptors (Lipinski definition) is 2. The van der Waals surface area contributed by atoms with E-state index in [2.05, 4.69) is 130 Å². The van der Waals surface area contributed by atoms with Crippen LogP contribution in [0.3, 0.4) is 0 Å². The molecular weight excluding hydrogens is 585 g/mol. The Hall–Kier alpha value is -6.88. The molecule has 0 aliphatic heterocycles. The van der Waals surface area contributed by atoms with Crippen LogP contribution in [0, 0.1) is 22.7 Å². The maximum Gasteiger partial charge on any atom is 0.0998 e. The van der Waals surface area contributed by atoms with E-state index in [1.54, 1.807) is 0 Å². The first-order chi connectivity index (χ1) is 23.7. The monoisotopic (exact) mass is 610 g/mol. The van der Waals surface area contributed by atoms with E-state index >= 15 is 0 Å². The predicted molar refractivity (Wildman–Crippen MR) is 195 cm³/mol. The Balaban J connectivity index is 1.19. The van der Waals surface area contributed by atoms with Crippen LogP contribution in [0.2, 0.25) is 0 Å². The average Bonchev–Trinajstić information content (AvgIpc) is 3.67. The standard InChI is InChI=1S/C44H26N4/c45-27-29-20-23-44-39(24-29)38-15-4-8-19-43(38)48(44)40-16-5-1-12-35(40)31-21-22-34(32(25-31)28-46)30-10-9-11-33(26-30)47-41-17-6-2-13-36(41)37-14-3-7-18-42(37)47/h1-26H. The smallest absolute Gasteiger partial charge is 0.0998 e. The minimum atomic E-state index is 0.613. The molecule has 0 N–H and O–H groups in total. The zero-order valence-corrected chi connectivity index (χ0v) is 25.8. The van der Waals surface area contributed by atoms with Crippen LogP contribution in [0.5, 0.6) is 0 Å². The average molecular weight is 611 g/mol. The zero-order valence-electron chi connectivity index (χ0n) is 25.8. The van der Waals surface area contributed by atoms with Gasteiger partial charge in [0.25, 0.3) is 0 Å². The Kier molecular flexibility index (Phi) is 6.22. The Morgan fingerprint density at radius 3 is 1.71 bits per heavy atom. The van der Waals surface area contributed by atoms with Gasteiger partial charge < -0.3 is 9.13 Å². The molecule has 0 spiro atoms. The summed E-state index contributed by atoms with van der Waals surface area (Å²) in [5.74, 6) is 0. The summed E-state index contributed by atoms with van der Waals surface area (Å²) in [7, 11) is 0. The zero-order chi connectivity index (χ0) is 32.2. The number of benzene rings is 7. The van der Waals surface area contributed by atoms with Crippen molar-refractivity contribution in [3.63, 3.8) is 0 Å². The summed E-state index contributed by atoms with van der Waals surface area (Å²) in [4.78, 5) is 0. The van der Waals surface area contributed by atoms with Crippen LogP contribution >= 0.6 is 0 Å². The van der Waals surface area contributed by atoms with E-state index in [1.807, 2.05) is 48.5 Å². The second-order valence-corrected chi connectivity index (χ2v) is 12.0. The topological polar surface area (TPSA) is 57.4 Å². The van der Waals surface area contributed by atoms with Crippen molar-refractivity contribution in [2.24, 2.45) is 0 Å². The van der Waals surface area contributed by atoms with Crippen molar-refractivity contribution in [1.82, 2.24) is 9.13 Å². The van der Waals surface area contributed by atoms with Crippen molar-refractivity contribution in [2.75, 3.05) is 0 Å². The summed E-state index contributed by atoms with van der Waals surface area (Å²) in [5, 5.41) is 24.7. The Bertz CT molecular complexity index is 2760. The fourth-order valence-electron chi connectivity index (χ4n) is 7.28. The molecular formula is C44H26N4. The first-order valence-electron chi connectivity index (χ1n) is 15.9. The van der Waals surface area contributed by atoms with Crippen LogP contribution in [-0.4, -0.2) is 9.13 Å². The Morgan fingerprint density at radius 2 is 1.00 bits per heavy atom. The van der Waals surface area contributed by atoms with Crippen molar-refractivity contribution in [3.05, 3.63) is 169 Å². The van der Waals surface area contributed by atoms with Crippen LogP contribution in [0.25, 0.3) is 77.2 Å². The number of para-hydroxylation sites is 4. The van der Waals surface area contributed by atoms with Gasteiger partial charge in [0.2, 0.25) is 0 Å². The van der Waals surface area contributed by atoms with Crippen molar-refractivity contribution in [3.8, 4) is 45.8 Å². The van der Waals surface area contributed by atoms with Gasteiger partial charge in [-0.25, -0.2) is 0 Å². The van der Waals surface area contributed by atoms with E-state index in [-0.39, 0.29) is 0 Å². The highest BCUT2D eigenvalue weighted by Crippen LogP contribution is 2.38. The molecule has 0 amide bonds. The lowest BCUT2D eigenvalue weighted by atomic mass is 9.94. The van der Waals surface area contributed by atoms with Gasteiger partial charge in [-0.2, -0.15) is 10.5 Å². The highest BCUT2D eigenvalue weighted by Gasteiger charge is 2.18. The third kappa shape index (κ3) is 4.14. The maximum atomic E-state index is 10.5. The van der Waals surface area contributed by atoms with Crippen LogP contribution in [0.15, 0.2) is 158 Å². The van der Waals surface area contributed by atoms with Gasteiger partial charge in [-0.05, 0) is 77.4 Å². The number of hydrogen-bond donors (Lipinski definition) is 0. The molecule has 0 unspecified atom stereocenters. The summed E-state index contributed by atoms with van der Waals surface area (Å²) < 4.78 is 4.56. The molecule has 0 saturated carbocycles. The van der Waals surface area contributed by atoms with Gasteiger partial charge in [0.15, 0.2) is 0 Å². The minimum absolute atomic E-state index is 0.613. The Labute approximate surface area is 277 Å². The molecule has 0 bridgehead atoms. The summed E-state index contributed by atoms with van der Waals surface area (Å²) >= 11 is 0. The third-order valence-corrected chi connectivity index (χ3v) is 9.39. The minimum Gasteiger partial charge on any atom is -0.309 e. The van der Waals surface area contributed by atoms with Crippen molar-refractivity contribution in [1.29, 1.82) is 10.5 Å². The predicted octanol–water partition coefficient (Wildman–Crippen LogP) is 11.0. The fraction of sp³-hybridized carbons (Fsp3) is 0. The van der Waals surface area contributed by atoms with E-state index in [4.69, 9.17) is 0 Å². The van der Waals surface area contributed by atoms with E-state index in [9.17, 15) is 10.5 Å². The van der Waals surface area contributed by atoms with E-state index in [0.717, 1.165) is 66.5 Å². The third-order valence-electron chi connectivity index (χ3n) is 9.39. The van der Waals surface area contributed by atoms with Gasteiger partial charge >= 0.3 is 0 Å². The summed E-state index contributed by atoms with van der Waals surface area (Å²) in [6.07, 6.45) is 0. The summed E-state index contributed by atoms with van der Waals surface area (Å²) in [6, 6.07) is 58.9. The number of nitrogens with zero attached hydrogens (tertiary/aromatic N) is 4. The number of rotatable bonds is 4. The highest BCUT2D eigenvalue weighted by molar-refractivity contribution is 6.11. The van der Waals surface area contributed by atoms with Gasteiger partial charge in [-0.3, -0.25) is 0 Å². The molecule has 9 aromatic rings. The molecule has 0 aliphatic rings. The van der Waals surface area contributed by atoms with Crippen molar-refractivity contribution < 1.29 is 0 Å². The SMILES string of the molecule is N#Cc1ccc2c(c1)c1ccccc1n2-c1ccccc1-c1ccc(-c2cccc(-n3c4ccccc4c4ccccc43)c2)c(C#N)c1. The number of aromatic nitrogens is 2. The van der Waals surface area contributed by atoms with Gasteiger partial charge in [0.05, 0.1) is 51.0 Å². The van der Waals surface area contributed by atoms with E-state index < -0.39 is 0 Å². The molecule has 0 fully saturated rings. The van der Waals surface area contributed by atoms with Gasteiger partial charge in [-0.1, -0.05) is 97.1 Å². The molecule has 0 aliphatic carbocycles. The molecule has 222 valence electrons. The van der Waals surface area contributed by atoms with Gasteiger partial charge in [-0.15, -0.1) is 0 Å². The molecule has 4 nitrogen and oxygen atoms in total. The molecule has 9 rings (SSSR count).